The molecular weight excluding hydrogens is 316 g/mol. The van der Waals surface area contributed by atoms with E-state index in [0.717, 1.165) is 21.7 Å². The Kier molecular flexibility index (Phi) is 14.1. The van der Waals surface area contributed by atoms with Crippen LogP contribution in [-0.4, -0.2) is 27.6 Å². The summed E-state index contributed by atoms with van der Waals surface area (Å²) in [6, 6.07) is 0. The van der Waals surface area contributed by atoms with E-state index in [9.17, 15) is 0 Å². The van der Waals surface area contributed by atoms with E-state index in [0.29, 0.717) is 11.5 Å². The van der Waals surface area contributed by atoms with Gasteiger partial charge in [-0.3, -0.25) is 0 Å². The van der Waals surface area contributed by atoms with E-state index < -0.39 is 0 Å². The summed E-state index contributed by atoms with van der Waals surface area (Å²) in [6.07, 6.45) is 12.5. The predicted octanol–water partition coefficient (Wildman–Crippen LogP) is 5.99. The van der Waals surface area contributed by atoms with Crippen LogP contribution in [0.25, 0.3) is 0 Å². The maximum absolute atomic E-state index is 6.15. The van der Waals surface area contributed by atoms with Gasteiger partial charge in [-0.15, -0.1) is 0 Å². The molecule has 0 aromatic heterocycles. The monoisotopic (exact) mass is 360 g/mol. The van der Waals surface area contributed by atoms with Crippen LogP contribution >= 0.6 is 11.8 Å². The maximum atomic E-state index is 6.15. The Hall–Kier alpha value is 0.527. The van der Waals surface area contributed by atoms with Crippen molar-refractivity contribution >= 4 is 22.2 Å². The fourth-order valence-corrected chi connectivity index (χ4v) is 5.54. The molecule has 0 radical (unpaired) electrons. The highest BCUT2D eigenvalue weighted by Crippen LogP contribution is 2.42. The molecule has 0 rings (SSSR count). The third-order valence-corrected chi connectivity index (χ3v) is 7.60. The second-order valence-corrected chi connectivity index (χ2v) is 9.64. The van der Waals surface area contributed by atoms with Crippen LogP contribution in [0.5, 0.6) is 0 Å². The quantitative estimate of drug-likeness (QED) is 0.262. The molecular formula is C20H44OSSi. The number of unbranched alkanes of at least 4 members (excludes halogenated alkanes) is 4. The van der Waals surface area contributed by atoms with E-state index in [1.54, 1.807) is 0 Å². The Morgan fingerprint density at radius 1 is 1.00 bits per heavy atom. The van der Waals surface area contributed by atoms with Crippen LogP contribution < -0.4 is 0 Å². The van der Waals surface area contributed by atoms with E-state index in [1.807, 2.05) is 0 Å². The van der Waals surface area contributed by atoms with Gasteiger partial charge in [-0.25, -0.2) is 0 Å². The first-order chi connectivity index (χ1) is 11.0. The van der Waals surface area contributed by atoms with Gasteiger partial charge in [0.05, 0.1) is 6.10 Å². The highest BCUT2D eigenvalue weighted by molar-refractivity contribution is 7.99. The molecule has 0 saturated heterocycles. The lowest BCUT2D eigenvalue weighted by Gasteiger charge is -2.43. The van der Waals surface area contributed by atoms with Gasteiger partial charge in [0.15, 0.2) is 0 Å². The Bertz CT molecular complexity index is 274. The number of thioether (sulfide) groups is 1. The number of rotatable bonds is 15. The fraction of sp³-hybridized carbons (Fsp3) is 1.00. The summed E-state index contributed by atoms with van der Waals surface area (Å²) in [6.45, 7) is 14.3. The molecule has 0 heterocycles. The van der Waals surface area contributed by atoms with Crippen molar-refractivity contribution < 1.29 is 4.43 Å². The van der Waals surface area contributed by atoms with Gasteiger partial charge >= 0.3 is 0 Å². The van der Waals surface area contributed by atoms with E-state index in [4.69, 9.17) is 4.43 Å². The average Bonchev–Trinajstić information content (AvgIpc) is 2.54. The van der Waals surface area contributed by atoms with E-state index in [2.05, 4.69) is 53.3 Å². The van der Waals surface area contributed by atoms with Crippen molar-refractivity contribution in [2.45, 2.75) is 111 Å². The van der Waals surface area contributed by atoms with Crippen LogP contribution in [0.3, 0.4) is 0 Å². The van der Waals surface area contributed by atoms with Crippen molar-refractivity contribution in [1.29, 1.82) is 0 Å². The van der Waals surface area contributed by atoms with Gasteiger partial charge in [-0.05, 0) is 36.3 Å². The molecule has 0 bridgehead atoms. The molecule has 0 aromatic rings. The van der Waals surface area contributed by atoms with Crippen molar-refractivity contribution in [3.05, 3.63) is 0 Å². The second-order valence-electron chi connectivity index (χ2n) is 7.62. The van der Waals surface area contributed by atoms with Gasteiger partial charge < -0.3 is 4.43 Å². The van der Waals surface area contributed by atoms with Crippen LogP contribution in [0.15, 0.2) is 0 Å². The minimum Gasteiger partial charge on any atom is -0.424 e. The Balaban J connectivity index is 4.37. The minimum atomic E-state index is 0.348. The summed E-state index contributed by atoms with van der Waals surface area (Å²) < 4.78 is 6.15. The summed E-state index contributed by atoms with van der Waals surface area (Å²) >= 11 is 2.17. The summed E-state index contributed by atoms with van der Waals surface area (Å²) in [4.78, 5) is 0. The first kappa shape index (κ1) is 23.5. The molecule has 0 saturated carbocycles. The smallest absolute Gasteiger partial charge is 0.146 e. The summed E-state index contributed by atoms with van der Waals surface area (Å²) in [5, 5.41) is 0.723. The van der Waals surface area contributed by atoms with Crippen molar-refractivity contribution in [3.8, 4) is 0 Å². The highest BCUT2D eigenvalue weighted by Gasteiger charge is 2.38. The van der Waals surface area contributed by atoms with Crippen molar-refractivity contribution in [2.24, 2.45) is 11.3 Å². The summed E-state index contributed by atoms with van der Waals surface area (Å²) in [5.41, 5.74) is 0.348. The Morgan fingerprint density at radius 3 is 2.17 bits per heavy atom. The molecule has 23 heavy (non-hydrogen) atoms. The first-order valence-electron chi connectivity index (χ1n) is 10.1. The van der Waals surface area contributed by atoms with Gasteiger partial charge in [-0.1, -0.05) is 80.1 Å². The molecule has 4 unspecified atom stereocenters. The van der Waals surface area contributed by atoms with Gasteiger partial charge in [0.2, 0.25) is 0 Å². The predicted molar refractivity (Wildman–Crippen MR) is 113 cm³/mol. The normalized spacial score (nSPS) is 18.5. The van der Waals surface area contributed by atoms with E-state index >= 15 is 0 Å². The van der Waals surface area contributed by atoms with Gasteiger partial charge in [-0.2, -0.15) is 11.8 Å². The standard InChI is InChI=1S/C20H44OSSi/c1-7-10-11-12-13-15-22-18(5)16-19(21-23)20(6,14-8-2)17(4)9-3/h17-19H,7-16H2,1-6,23H3. The van der Waals surface area contributed by atoms with Crippen molar-refractivity contribution in [2.75, 3.05) is 5.75 Å². The molecule has 0 fully saturated rings. The molecule has 0 aliphatic heterocycles. The third-order valence-electron chi connectivity index (χ3n) is 5.74. The molecule has 140 valence electrons. The van der Waals surface area contributed by atoms with Crippen LogP contribution in [0.4, 0.5) is 0 Å². The number of hydrogen-bond donors (Lipinski definition) is 0. The van der Waals surface area contributed by atoms with Crippen LogP contribution in [-0.2, 0) is 4.43 Å². The zero-order valence-corrected chi connectivity index (χ0v) is 19.9. The SMILES string of the molecule is CCCCCCCSC(C)CC(O[SiH3])C(C)(CCC)C(C)CC. The first-order valence-corrected chi connectivity index (χ1v) is 12.0. The van der Waals surface area contributed by atoms with Crippen molar-refractivity contribution in [1.82, 2.24) is 0 Å². The highest BCUT2D eigenvalue weighted by atomic mass is 32.2. The molecule has 4 atom stereocenters. The minimum absolute atomic E-state index is 0.348. The molecule has 1 nitrogen and oxygen atoms in total. The second kappa shape index (κ2) is 13.8. The molecule has 0 aliphatic carbocycles. The molecule has 3 heteroatoms. The lowest BCUT2D eigenvalue weighted by molar-refractivity contribution is 0.00745. The average molecular weight is 361 g/mol. The van der Waals surface area contributed by atoms with Gasteiger partial charge in [0, 0.05) is 5.25 Å². The van der Waals surface area contributed by atoms with E-state index in [1.165, 1.54) is 63.5 Å². The molecule has 0 aromatic carbocycles. The van der Waals surface area contributed by atoms with Crippen LogP contribution in [0.1, 0.15) is 99.3 Å². The lowest BCUT2D eigenvalue weighted by atomic mass is 9.68. The summed E-state index contributed by atoms with van der Waals surface area (Å²) in [7, 11) is 0.861. The number of hydrogen-bond acceptors (Lipinski definition) is 2. The molecule has 0 spiro atoms. The summed E-state index contributed by atoms with van der Waals surface area (Å²) in [5.74, 6) is 2.07. The largest absolute Gasteiger partial charge is 0.424 e. The topological polar surface area (TPSA) is 9.23 Å². The molecule has 0 aliphatic rings. The maximum Gasteiger partial charge on any atom is 0.146 e. The molecule has 0 amide bonds. The Labute approximate surface area is 154 Å². The van der Waals surface area contributed by atoms with Gasteiger partial charge in [0.1, 0.15) is 10.5 Å². The Morgan fingerprint density at radius 2 is 1.65 bits per heavy atom. The van der Waals surface area contributed by atoms with Gasteiger partial charge in [0.25, 0.3) is 0 Å². The molecule has 0 N–H and O–H groups in total. The van der Waals surface area contributed by atoms with Crippen LogP contribution in [0.2, 0.25) is 0 Å². The zero-order chi connectivity index (χ0) is 17.7. The van der Waals surface area contributed by atoms with Crippen LogP contribution in [0, 0.1) is 11.3 Å². The lowest BCUT2D eigenvalue weighted by Crippen LogP contribution is -2.41. The third kappa shape index (κ3) is 8.97. The van der Waals surface area contributed by atoms with E-state index in [-0.39, 0.29) is 0 Å². The van der Waals surface area contributed by atoms with Crippen molar-refractivity contribution in [3.63, 3.8) is 0 Å². The zero-order valence-electron chi connectivity index (χ0n) is 17.1. The fourth-order valence-electron chi connectivity index (χ4n) is 3.72.